The van der Waals surface area contributed by atoms with Crippen LogP contribution in [0.1, 0.15) is 57.7 Å². The van der Waals surface area contributed by atoms with Gasteiger partial charge in [0.2, 0.25) is 21.9 Å². The maximum Gasteiger partial charge on any atom is 0.223 e. The highest BCUT2D eigenvalue weighted by Gasteiger charge is 2.30. The summed E-state index contributed by atoms with van der Waals surface area (Å²) in [5.41, 5.74) is 0.0911. The summed E-state index contributed by atoms with van der Waals surface area (Å²) in [6.07, 6.45) is 1.02. The summed E-state index contributed by atoms with van der Waals surface area (Å²) in [6.45, 7) is 9.21. The van der Waals surface area contributed by atoms with Crippen LogP contribution in [0.15, 0.2) is 34.9 Å². The van der Waals surface area contributed by atoms with Crippen molar-refractivity contribution in [3.8, 4) is 22.7 Å². The molecule has 0 aliphatic carbocycles. The Morgan fingerprint density at radius 3 is 2.53 bits per heavy atom. The van der Waals surface area contributed by atoms with E-state index in [4.69, 9.17) is 9.56 Å². The summed E-state index contributed by atoms with van der Waals surface area (Å²) < 4.78 is 45.9. The van der Waals surface area contributed by atoms with Gasteiger partial charge in [-0.2, -0.15) is 0 Å². The van der Waals surface area contributed by atoms with E-state index in [9.17, 15) is 13.5 Å². The summed E-state index contributed by atoms with van der Waals surface area (Å²) in [5, 5.41) is 16.6. The molecule has 1 unspecified atom stereocenters. The zero-order chi connectivity index (χ0) is 25.3. The normalized spacial score (nSPS) is 14.1. The fraction of sp³-hybridized carbons (Fsp3) is 0.435. The summed E-state index contributed by atoms with van der Waals surface area (Å²) in [7, 11) is -4.02. The molecule has 184 valence electrons. The molecule has 1 aromatic carbocycles. The number of nitrogens with one attached hydrogen (secondary N) is 1. The lowest BCUT2D eigenvalue weighted by molar-refractivity contribution is 0.208. The monoisotopic (exact) mass is 491 g/mol. The fourth-order valence-corrected chi connectivity index (χ4v) is 4.42. The van der Waals surface area contributed by atoms with Crippen LogP contribution in [0.2, 0.25) is 0 Å². The van der Waals surface area contributed by atoms with Crippen molar-refractivity contribution in [2.75, 3.05) is 11.9 Å². The van der Waals surface area contributed by atoms with Gasteiger partial charge in [-0.1, -0.05) is 39.8 Å². The van der Waals surface area contributed by atoms with Crippen LogP contribution in [0.5, 0.6) is 0 Å². The number of aromatic nitrogens is 3. The number of hydrogen-bond acceptors (Lipinski definition) is 8. The molecule has 0 spiro atoms. The molecule has 3 rings (SSSR count). The highest BCUT2D eigenvalue weighted by atomic mass is 32.2. The maximum absolute atomic E-state index is 15.7. The molecule has 0 fully saturated rings. The average molecular weight is 492 g/mol. The van der Waals surface area contributed by atoms with E-state index in [1.54, 1.807) is 26.0 Å². The van der Waals surface area contributed by atoms with Gasteiger partial charge in [0.1, 0.15) is 22.5 Å². The molecule has 2 heterocycles. The first-order valence-corrected chi connectivity index (χ1v) is 12.5. The molecule has 0 saturated carbocycles. The van der Waals surface area contributed by atoms with Crippen molar-refractivity contribution in [3.05, 3.63) is 47.7 Å². The zero-order valence-corrected chi connectivity index (χ0v) is 20.6. The van der Waals surface area contributed by atoms with Crippen LogP contribution in [0.25, 0.3) is 22.7 Å². The number of halogens is 1. The van der Waals surface area contributed by atoms with Crippen molar-refractivity contribution in [2.45, 2.75) is 57.8 Å². The number of primary sulfonamides is 1. The van der Waals surface area contributed by atoms with Crippen molar-refractivity contribution in [1.29, 1.82) is 0 Å². The predicted molar refractivity (Wildman–Crippen MR) is 128 cm³/mol. The number of anilines is 1. The Balaban J connectivity index is 2.20. The van der Waals surface area contributed by atoms with Crippen LogP contribution in [-0.4, -0.2) is 41.1 Å². The van der Waals surface area contributed by atoms with Crippen LogP contribution >= 0.6 is 0 Å². The highest BCUT2D eigenvalue weighted by Crippen LogP contribution is 2.39. The molecule has 11 heteroatoms. The molecule has 2 atom stereocenters. The van der Waals surface area contributed by atoms with Gasteiger partial charge in [-0.05, 0) is 25.5 Å². The number of nitrogens with zero attached hydrogens (tertiary/aromatic N) is 3. The van der Waals surface area contributed by atoms with Gasteiger partial charge in [0.25, 0.3) is 0 Å². The first kappa shape index (κ1) is 25.7. The molecular weight excluding hydrogens is 461 g/mol. The summed E-state index contributed by atoms with van der Waals surface area (Å²) in [4.78, 5) is 13.1. The number of rotatable bonds is 8. The van der Waals surface area contributed by atoms with E-state index in [2.05, 4.69) is 20.3 Å². The summed E-state index contributed by atoms with van der Waals surface area (Å²) >= 11 is 0. The van der Waals surface area contributed by atoms with Crippen molar-refractivity contribution >= 4 is 16.0 Å². The van der Waals surface area contributed by atoms with E-state index >= 15 is 4.39 Å². The van der Waals surface area contributed by atoms with Gasteiger partial charge in [-0.3, -0.25) is 0 Å². The molecule has 0 amide bonds. The van der Waals surface area contributed by atoms with E-state index in [0.29, 0.717) is 11.6 Å². The van der Waals surface area contributed by atoms with Crippen LogP contribution in [0.3, 0.4) is 0 Å². The number of oxazole rings is 1. The van der Waals surface area contributed by atoms with Gasteiger partial charge < -0.3 is 14.8 Å². The third-order valence-electron chi connectivity index (χ3n) is 5.11. The minimum absolute atomic E-state index is 0.0317. The Labute approximate surface area is 198 Å². The first-order valence-electron chi connectivity index (χ1n) is 10.9. The molecular formula is C23H30FN5O4S. The second-order valence-corrected chi connectivity index (χ2v) is 10.9. The Kier molecular flexibility index (Phi) is 7.39. The second-order valence-electron chi connectivity index (χ2n) is 9.14. The van der Waals surface area contributed by atoms with Gasteiger partial charge in [0.05, 0.1) is 6.10 Å². The van der Waals surface area contributed by atoms with Gasteiger partial charge in [-0.15, -0.1) is 0 Å². The molecule has 0 aliphatic rings. The van der Waals surface area contributed by atoms with E-state index in [1.807, 2.05) is 20.8 Å². The van der Waals surface area contributed by atoms with Gasteiger partial charge in [0, 0.05) is 29.3 Å². The Morgan fingerprint density at radius 2 is 1.94 bits per heavy atom. The van der Waals surface area contributed by atoms with Crippen LogP contribution in [0, 0.1) is 5.82 Å². The lowest BCUT2D eigenvalue weighted by atomic mass is 9.97. The van der Waals surface area contributed by atoms with E-state index < -0.39 is 32.6 Å². The number of benzene rings is 1. The largest absolute Gasteiger partial charge is 0.438 e. The fourth-order valence-electron chi connectivity index (χ4n) is 3.42. The SMILES string of the molecule is CCC(c1cccc(-c2nc(C(C)(C)C)oc2-c2ccnc(NC[C@H](C)O)n2)c1F)S(N)(=O)=O. The molecule has 0 radical (unpaired) electrons. The Bertz CT molecular complexity index is 1270. The number of nitrogens with two attached hydrogens (primary N) is 1. The number of aliphatic hydroxyl groups excluding tert-OH is 1. The zero-order valence-electron chi connectivity index (χ0n) is 19.8. The maximum atomic E-state index is 15.7. The van der Waals surface area contributed by atoms with Crippen molar-refractivity contribution in [2.24, 2.45) is 5.14 Å². The molecule has 34 heavy (non-hydrogen) atoms. The van der Waals surface area contributed by atoms with Crippen molar-refractivity contribution in [1.82, 2.24) is 15.0 Å². The predicted octanol–water partition coefficient (Wildman–Crippen LogP) is 3.77. The standard InChI is InChI=1S/C23H30FN5O4S/c1-6-17(34(25,31)32)14-8-7-9-15(18(14)24)19-20(33-21(29-19)23(3,4)5)16-10-11-26-22(28-16)27-12-13(2)30/h7-11,13,17,30H,6,12H2,1-5H3,(H2,25,31,32)(H,26,27,28)/t13-,17?/m0/s1. The third kappa shape index (κ3) is 5.60. The van der Waals surface area contributed by atoms with Gasteiger partial charge in [0.15, 0.2) is 5.76 Å². The lowest BCUT2D eigenvalue weighted by Gasteiger charge is -2.15. The molecule has 9 nitrogen and oxygen atoms in total. The smallest absolute Gasteiger partial charge is 0.223 e. The van der Waals surface area contributed by atoms with Gasteiger partial charge in [-0.25, -0.2) is 32.9 Å². The molecule has 3 aromatic rings. The topological polar surface area (TPSA) is 144 Å². The van der Waals surface area contributed by atoms with Crippen LogP contribution in [-0.2, 0) is 15.4 Å². The van der Waals surface area contributed by atoms with E-state index in [0.717, 1.165) is 0 Å². The van der Waals surface area contributed by atoms with Crippen molar-refractivity contribution in [3.63, 3.8) is 0 Å². The molecule has 4 N–H and O–H groups in total. The lowest BCUT2D eigenvalue weighted by Crippen LogP contribution is -2.22. The van der Waals surface area contributed by atoms with Crippen LogP contribution in [0.4, 0.5) is 10.3 Å². The minimum atomic E-state index is -4.02. The highest BCUT2D eigenvalue weighted by molar-refractivity contribution is 7.89. The number of sulfonamides is 1. The molecule has 0 bridgehead atoms. The number of hydrogen-bond donors (Lipinski definition) is 3. The Morgan fingerprint density at radius 1 is 1.24 bits per heavy atom. The minimum Gasteiger partial charge on any atom is -0.438 e. The van der Waals surface area contributed by atoms with E-state index in [-0.39, 0.29) is 41.5 Å². The quantitative estimate of drug-likeness (QED) is 0.432. The van der Waals surface area contributed by atoms with Crippen LogP contribution < -0.4 is 10.5 Å². The Hall–Kier alpha value is -2.89. The summed E-state index contributed by atoms with van der Waals surface area (Å²) in [5.74, 6) is 0.0949. The molecule has 0 saturated heterocycles. The van der Waals surface area contributed by atoms with Gasteiger partial charge >= 0.3 is 0 Å². The third-order valence-corrected chi connectivity index (χ3v) is 6.49. The van der Waals surface area contributed by atoms with E-state index in [1.165, 1.54) is 18.3 Å². The molecule has 0 aliphatic heterocycles. The second kappa shape index (κ2) is 9.77. The molecule has 2 aromatic heterocycles. The average Bonchev–Trinajstić information content (AvgIpc) is 3.19. The summed E-state index contributed by atoms with van der Waals surface area (Å²) in [6, 6.07) is 6.08. The number of aliphatic hydroxyl groups is 1. The van der Waals surface area contributed by atoms with Crippen molar-refractivity contribution < 1.29 is 22.3 Å². The first-order chi connectivity index (χ1) is 15.8.